The minimum Gasteiger partial charge on any atom is -0.396 e. The van der Waals surface area contributed by atoms with Gasteiger partial charge in [0.1, 0.15) is 5.82 Å². The van der Waals surface area contributed by atoms with Crippen LogP contribution in [0.5, 0.6) is 0 Å². The van der Waals surface area contributed by atoms with Crippen LogP contribution < -0.4 is 11.1 Å². The molecule has 1 amide bonds. The highest BCUT2D eigenvalue weighted by molar-refractivity contribution is 5.93. The van der Waals surface area contributed by atoms with Gasteiger partial charge < -0.3 is 15.8 Å². The fraction of sp³-hybridized carbons (Fsp3) is 0.417. The van der Waals surface area contributed by atoms with Crippen molar-refractivity contribution in [3.05, 3.63) is 24.0 Å². The van der Waals surface area contributed by atoms with Crippen molar-refractivity contribution in [2.45, 2.75) is 19.4 Å². The Morgan fingerprint density at radius 2 is 2.35 bits per heavy atom. The molecular weight excluding hydrogens is 223 g/mol. The first-order valence-electron chi connectivity index (χ1n) is 5.55. The Labute approximate surface area is 98.9 Å². The molecule has 1 saturated heterocycles. The summed E-state index contributed by atoms with van der Waals surface area (Å²) in [6, 6.07) is 4.14. The number of benzene rings is 1. The zero-order valence-corrected chi connectivity index (χ0v) is 9.57. The highest BCUT2D eigenvalue weighted by atomic mass is 19.1. The van der Waals surface area contributed by atoms with E-state index in [2.05, 4.69) is 5.32 Å². The zero-order chi connectivity index (χ0) is 12.4. The number of carbonyl (C=O) groups excluding carboxylic acids is 1. The standard InChI is InChI=1S/C12H15FN2O2/c1-7-9(4-5-17-7)12(16)15-8-2-3-10(13)11(14)6-8/h2-3,6-7,9H,4-5,14H2,1H3,(H,15,16). The molecule has 2 unspecified atom stereocenters. The lowest BCUT2D eigenvalue weighted by Crippen LogP contribution is -2.27. The molecule has 0 spiro atoms. The average molecular weight is 238 g/mol. The summed E-state index contributed by atoms with van der Waals surface area (Å²) < 4.78 is 18.3. The van der Waals surface area contributed by atoms with Gasteiger partial charge in [0, 0.05) is 12.3 Å². The molecule has 17 heavy (non-hydrogen) atoms. The molecule has 2 atom stereocenters. The van der Waals surface area contributed by atoms with E-state index in [1.807, 2.05) is 6.92 Å². The monoisotopic (exact) mass is 238 g/mol. The van der Waals surface area contributed by atoms with Crippen molar-refractivity contribution >= 4 is 17.3 Å². The number of anilines is 2. The Morgan fingerprint density at radius 1 is 1.59 bits per heavy atom. The van der Waals surface area contributed by atoms with Crippen LogP contribution in [0.15, 0.2) is 18.2 Å². The second kappa shape index (κ2) is 4.71. The van der Waals surface area contributed by atoms with Crippen LogP contribution in [0.2, 0.25) is 0 Å². The summed E-state index contributed by atoms with van der Waals surface area (Å²) in [5.41, 5.74) is 5.96. The molecule has 0 bridgehead atoms. The van der Waals surface area contributed by atoms with Gasteiger partial charge in [0.2, 0.25) is 5.91 Å². The molecule has 1 heterocycles. The number of hydrogen-bond acceptors (Lipinski definition) is 3. The normalized spacial score (nSPS) is 23.6. The molecule has 0 aromatic heterocycles. The van der Waals surface area contributed by atoms with E-state index in [0.29, 0.717) is 18.7 Å². The first-order chi connectivity index (χ1) is 8.08. The third-order valence-electron chi connectivity index (χ3n) is 2.98. The quantitative estimate of drug-likeness (QED) is 0.772. The minimum absolute atomic E-state index is 0.0264. The summed E-state index contributed by atoms with van der Waals surface area (Å²) in [5, 5.41) is 2.72. The number of nitrogens with one attached hydrogen (secondary N) is 1. The van der Waals surface area contributed by atoms with Gasteiger partial charge in [-0.1, -0.05) is 0 Å². The van der Waals surface area contributed by atoms with Crippen LogP contribution in [-0.2, 0) is 9.53 Å². The largest absolute Gasteiger partial charge is 0.396 e. The second-order valence-electron chi connectivity index (χ2n) is 4.20. The van der Waals surface area contributed by atoms with Crippen LogP contribution in [0.3, 0.4) is 0 Å². The van der Waals surface area contributed by atoms with Gasteiger partial charge in [0.25, 0.3) is 0 Å². The smallest absolute Gasteiger partial charge is 0.230 e. The molecule has 1 aliphatic rings. The van der Waals surface area contributed by atoms with Gasteiger partial charge in [0.05, 0.1) is 17.7 Å². The van der Waals surface area contributed by atoms with Crippen LogP contribution in [0.25, 0.3) is 0 Å². The number of halogens is 1. The Kier molecular flexibility index (Phi) is 3.28. The van der Waals surface area contributed by atoms with Crippen molar-refractivity contribution in [2.24, 2.45) is 5.92 Å². The van der Waals surface area contributed by atoms with E-state index in [4.69, 9.17) is 10.5 Å². The fourth-order valence-electron chi connectivity index (χ4n) is 1.93. The molecule has 5 heteroatoms. The maximum Gasteiger partial charge on any atom is 0.230 e. The predicted molar refractivity (Wildman–Crippen MR) is 63.0 cm³/mol. The average Bonchev–Trinajstić information content (AvgIpc) is 2.70. The molecule has 0 radical (unpaired) electrons. The molecule has 1 aromatic rings. The lowest BCUT2D eigenvalue weighted by atomic mass is 10.0. The van der Waals surface area contributed by atoms with E-state index in [9.17, 15) is 9.18 Å². The first kappa shape index (κ1) is 11.9. The van der Waals surface area contributed by atoms with Gasteiger partial charge in [-0.15, -0.1) is 0 Å². The third-order valence-corrected chi connectivity index (χ3v) is 2.98. The molecule has 1 aromatic carbocycles. The van der Waals surface area contributed by atoms with Crippen molar-refractivity contribution in [1.29, 1.82) is 0 Å². The molecule has 2 rings (SSSR count). The van der Waals surface area contributed by atoms with E-state index >= 15 is 0 Å². The molecule has 0 aliphatic carbocycles. The Hall–Kier alpha value is -1.62. The molecule has 1 aliphatic heterocycles. The number of ether oxygens (including phenoxy) is 1. The van der Waals surface area contributed by atoms with Crippen molar-refractivity contribution in [3.8, 4) is 0 Å². The Balaban J connectivity index is 2.05. The Bertz CT molecular complexity index is 437. The number of hydrogen-bond donors (Lipinski definition) is 2. The van der Waals surface area contributed by atoms with Crippen LogP contribution >= 0.6 is 0 Å². The minimum atomic E-state index is -0.486. The fourth-order valence-corrected chi connectivity index (χ4v) is 1.93. The lowest BCUT2D eigenvalue weighted by molar-refractivity contribution is -0.121. The molecule has 92 valence electrons. The van der Waals surface area contributed by atoms with Crippen LogP contribution in [-0.4, -0.2) is 18.6 Å². The second-order valence-corrected chi connectivity index (χ2v) is 4.20. The maximum absolute atomic E-state index is 12.9. The molecule has 4 nitrogen and oxygen atoms in total. The number of nitrogens with two attached hydrogens (primary N) is 1. The van der Waals surface area contributed by atoms with Crippen LogP contribution in [0.4, 0.5) is 15.8 Å². The number of nitrogen functional groups attached to an aromatic ring is 1. The topological polar surface area (TPSA) is 64.3 Å². The molecule has 1 fully saturated rings. The number of rotatable bonds is 2. The summed E-state index contributed by atoms with van der Waals surface area (Å²) in [7, 11) is 0. The summed E-state index contributed by atoms with van der Waals surface area (Å²) in [5.74, 6) is -0.747. The number of carbonyl (C=O) groups is 1. The summed E-state index contributed by atoms with van der Waals surface area (Å²) in [6.45, 7) is 2.47. The van der Waals surface area contributed by atoms with Gasteiger partial charge in [-0.2, -0.15) is 0 Å². The van der Waals surface area contributed by atoms with Gasteiger partial charge in [0.15, 0.2) is 0 Å². The molecule has 3 N–H and O–H groups in total. The summed E-state index contributed by atoms with van der Waals surface area (Å²) >= 11 is 0. The van der Waals surface area contributed by atoms with Gasteiger partial charge >= 0.3 is 0 Å². The van der Waals surface area contributed by atoms with Crippen molar-refractivity contribution in [1.82, 2.24) is 0 Å². The highest BCUT2D eigenvalue weighted by Crippen LogP contribution is 2.23. The Morgan fingerprint density at radius 3 is 2.94 bits per heavy atom. The van der Waals surface area contributed by atoms with Crippen LogP contribution in [0.1, 0.15) is 13.3 Å². The SMILES string of the molecule is CC1OCCC1C(=O)Nc1ccc(F)c(N)c1. The van der Waals surface area contributed by atoms with E-state index in [-0.39, 0.29) is 23.6 Å². The van der Waals surface area contributed by atoms with Gasteiger partial charge in [-0.25, -0.2) is 4.39 Å². The van der Waals surface area contributed by atoms with Crippen molar-refractivity contribution in [3.63, 3.8) is 0 Å². The van der Waals surface area contributed by atoms with E-state index in [1.165, 1.54) is 18.2 Å². The van der Waals surface area contributed by atoms with Gasteiger partial charge in [-0.05, 0) is 31.5 Å². The molecular formula is C12H15FN2O2. The first-order valence-corrected chi connectivity index (χ1v) is 5.55. The third kappa shape index (κ3) is 2.55. The predicted octanol–water partition coefficient (Wildman–Crippen LogP) is 1.77. The number of amides is 1. The van der Waals surface area contributed by atoms with Crippen LogP contribution in [0, 0.1) is 11.7 Å². The zero-order valence-electron chi connectivity index (χ0n) is 9.57. The van der Waals surface area contributed by atoms with E-state index in [0.717, 1.165) is 0 Å². The highest BCUT2D eigenvalue weighted by Gasteiger charge is 2.30. The van der Waals surface area contributed by atoms with Crippen molar-refractivity contribution < 1.29 is 13.9 Å². The van der Waals surface area contributed by atoms with E-state index < -0.39 is 5.82 Å². The maximum atomic E-state index is 12.9. The van der Waals surface area contributed by atoms with Crippen molar-refractivity contribution in [2.75, 3.05) is 17.7 Å². The summed E-state index contributed by atoms with van der Waals surface area (Å²) in [4.78, 5) is 11.9. The van der Waals surface area contributed by atoms with E-state index in [1.54, 1.807) is 0 Å². The summed E-state index contributed by atoms with van der Waals surface area (Å²) in [6.07, 6.45) is 0.636. The molecule has 0 saturated carbocycles. The van der Waals surface area contributed by atoms with Gasteiger partial charge in [-0.3, -0.25) is 4.79 Å². The lowest BCUT2D eigenvalue weighted by Gasteiger charge is -2.14.